The van der Waals surface area contributed by atoms with E-state index in [1.54, 1.807) is 0 Å². The van der Waals surface area contributed by atoms with Gasteiger partial charge in [-0.15, -0.1) is 29.3 Å². The van der Waals surface area contributed by atoms with Crippen molar-refractivity contribution in [1.29, 1.82) is 0 Å². The van der Waals surface area contributed by atoms with Crippen LogP contribution in [0.5, 0.6) is 0 Å². The Kier molecular flexibility index (Phi) is 4.70. The van der Waals surface area contributed by atoms with Crippen molar-refractivity contribution in [3.05, 3.63) is 77.5 Å². The quantitative estimate of drug-likeness (QED) is 0.392. The minimum absolute atomic E-state index is 0. The van der Waals surface area contributed by atoms with E-state index in [9.17, 15) is 0 Å². The smallest absolute Gasteiger partial charge is 0.0163 e. The Morgan fingerprint density at radius 1 is 1.00 bits per heavy atom. The van der Waals surface area contributed by atoms with E-state index in [2.05, 4.69) is 81.2 Å². The Balaban J connectivity index is 0.00000182. The fourth-order valence-corrected chi connectivity index (χ4v) is 3.91. The maximum Gasteiger partial charge on any atom is 0.0163 e. The monoisotopic (exact) mass is 505 g/mol. The van der Waals surface area contributed by atoms with E-state index >= 15 is 0 Å². The van der Waals surface area contributed by atoms with Gasteiger partial charge in [-0.3, -0.25) is 0 Å². The van der Waals surface area contributed by atoms with Gasteiger partial charge in [0, 0.05) is 26.3 Å². The van der Waals surface area contributed by atoms with Gasteiger partial charge in [0.1, 0.15) is 0 Å². The molecule has 0 saturated heterocycles. The predicted molar refractivity (Wildman–Crippen MR) is 100 cm³/mol. The first kappa shape index (κ1) is 18.0. The Morgan fingerprint density at radius 2 is 1.76 bits per heavy atom. The number of rotatable bonds is 2. The van der Waals surface area contributed by atoms with E-state index in [4.69, 9.17) is 0 Å². The van der Waals surface area contributed by atoms with Gasteiger partial charge in [0.05, 0.1) is 0 Å². The molecule has 0 spiro atoms. The summed E-state index contributed by atoms with van der Waals surface area (Å²) >= 11 is 0. The van der Waals surface area contributed by atoms with Crippen LogP contribution in [0.3, 0.4) is 0 Å². The van der Waals surface area contributed by atoms with Crippen LogP contribution in [0.4, 0.5) is 0 Å². The normalized spacial score (nSPS) is 14.0. The average Bonchev–Trinajstić information content (AvgIpc) is 2.84. The largest absolute Gasteiger partial charge is 0.305 e. The molecule has 0 unspecified atom stereocenters. The fraction of sp³-hybridized carbons (Fsp3) is 0.261. The van der Waals surface area contributed by atoms with Crippen LogP contribution in [0.15, 0.2) is 54.7 Å². The zero-order valence-electron chi connectivity index (χ0n) is 15.1. The van der Waals surface area contributed by atoms with Crippen LogP contribution in [-0.2, 0) is 25.5 Å². The van der Waals surface area contributed by atoms with Gasteiger partial charge in [-0.1, -0.05) is 69.2 Å². The van der Waals surface area contributed by atoms with Crippen LogP contribution in [-0.4, -0.2) is 4.98 Å². The number of hydrogen-bond donors (Lipinski definition) is 0. The van der Waals surface area contributed by atoms with E-state index in [0.717, 1.165) is 11.3 Å². The molecular weight excluding hydrogens is 482 g/mol. The van der Waals surface area contributed by atoms with Crippen molar-refractivity contribution in [2.75, 3.05) is 0 Å². The molecule has 0 saturated carbocycles. The van der Waals surface area contributed by atoms with E-state index in [-0.39, 0.29) is 25.5 Å². The molecule has 0 N–H and O–H groups in total. The first-order valence-electron chi connectivity index (χ1n) is 8.61. The second kappa shape index (κ2) is 6.52. The number of pyridine rings is 1. The molecule has 4 rings (SSSR count). The summed E-state index contributed by atoms with van der Waals surface area (Å²) in [5.74, 6) is 0.494. The molecule has 0 fully saturated rings. The summed E-state index contributed by atoms with van der Waals surface area (Å²) in [6.45, 7) is 9.05. The second-order valence-corrected chi connectivity index (χ2v) is 7.44. The maximum absolute atomic E-state index is 4.67. The molecule has 0 amide bonds. The van der Waals surface area contributed by atoms with Crippen LogP contribution in [0.1, 0.15) is 50.3 Å². The molecule has 1 radical (unpaired) electrons. The third-order valence-corrected chi connectivity index (χ3v) is 5.22. The van der Waals surface area contributed by atoms with Crippen molar-refractivity contribution in [3.8, 4) is 22.4 Å². The molecule has 1 aliphatic rings. The molecule has 0 bridgehead atoms. The van der Waals surface area contributed by atoms with Crippen LogP contribution in [0.25, 0.3) is 22.4 Å². The van der Waals surface area contributed by atoms with Crippen molar-refractivity contribution in [1.82, 2.24) is 4.98 Å². The van der Waals surface area contributed by atoms with Gasteiger partial charge in [0.25, 0.3) is 0 Å². The number of aromatic nitrogens is 1. The molecule has 129 valence electrons. The molecule has 2 aromatic carbocycles. The zero-order chi connectivity index (χ0) is 16.9. The van der Waals surface area contributed by atoms with E-state index in [1.807, 2.05) is 12.3 Å². The van der Waals surface area contributed by atoms with Gasteiger partial charge < -0.3 is 4.98 Å². The molecule has 0 aliphatic heterocycles. The maximum atomic E-state index is 4.67. The van der Waals surface area contributed by atoms with Crippen molar-refractivity contribution in [2.45, 2.75) is 39.0 Å². The molecule has 1 aromatic heterocycles. The zero-order valence-corrected chi connectivity index (χ0v) is 17.4. The Labute approximate surface area is 163 Å². The topological polar surface area (TPSA) is 12.9 Å². The Hall–Kier alpha value is -1.76. The van der Waals surface area contributed by atoms with Gasteiger partial charge in [-0.2, -0.15) is 0 Å². The Morgan fingerprint density at radius 3 is 2.52 bits per heavy atom. The van der Waals surface area contributed by atoms with Crippen LogP contribution in [0.2, 0.25) is 0 Å². The second-order valence-electron chi connectivity index (χ2n) is 7.44. The molecule has 1 nitrogen and oxygen atoms in total. The summed E-state index contributed by atoms with van der Waals surface area (Å²) in [6.07, 6.45) is 1.92. The number of fused-ring (bicyclic) bond motifs is 3. The summed E-state index contributed by atoms with van der Waals surface area (Å²) in [6, 6.07) is 20.8. The van der Waals surface area contributed by atoms with Crippen LogP contribution < -0.4 is 0 Å². The third-order valence-electron chi connectivity index (χ3n) is 5.22. The van der Waals surface area contributed by atoms with Gasteiger partial charge in [0.2, 0.25) is 0 Å². The fourth-order valence-electron chi connectivity index (χ4n) is 3.91. The average molecular weight is 505 g/mol. The van der Waals surface area contributed by atoms with Crippen LogP contribution in [0, 0.1) is 6.07 Å². The summed E-state index contributed by atoms with van der Waals surface area (Å²) in [7, 11) is 0. The standard InChI is InChI=1S/C23H22N.Ir/c1-15(2)16-12-13-24-21(14-16)19-10-7-9-18-17-8-5-6-11-20(17)23(3,4)22(18)19;/h5-9,11-15H,1-4H3;/q-1;. The molecule has 2 heteroatoms. The van der Waals surface area contributed by atoms with Gasteiger partial charge in [-0.05, 0) is 34.2 Å². The third kappa shape index (κ3) is 2.78. The summed E-state index contributed by atoms with van der Waals surface area (Å²) in [5, 5.41) is 0. The van der Waals surface area contributed by atoms with Gasteiger partial charge >= 0.3 is 0 Å². The van der Waals surface area contributed by atoms with Crippen molar-refractivity contribution >= 4 is 0 Å². The SMILES string of the molecule is CC(C)c1ccnc(-c2[c-]ccc3c2C(C)(C)c2ccccc2-3)c1.[Ir]. The molecule has 1 heterocycles. The predicted octanol–water partition coefficient (Wildman–Crippen LogP) is 5.98. The van der Waals surface area contributed by atoms with Crippen LogP contribution >= 0.6 is 0 Å². The minimum atomic E-state index is -0.0332. The van der Waals surface area contributed by atoms with E-state index in [0.29, 0.717) is 5.92 Å². The number of hydrogen-bond acceptors (Lipinski definition) is 1. The minimum Gasteiger partial charge on any atom is -0.305 e. The van der Waals surface area contributed by atoms with Gasteiger partial charge in [0.15, 0.2) is 0 Å². The first-order valence-corrected chi connectivity index (χ1v) is 8.61. The first-order chi connectivity index (χ1) is 11.5. The Bertz CT molecular complexity index is 925. The van der Waals surface area contributed by atoms with Crippen molar-refractivity contribution in [2.24, 2.45) is 0 Å². The van der Waals surface area contributed by atoms with Crippen molar-refractivity contribution < 1.29 is 20.1 Å². The summed E-state index contributed by atoms with van der Waals surface area (Å²) < 4.78 is 0. The molecule has 0 atom stereocenters. The van der Waals surface area contributed by atoms with Gasteiger partial charge in [-0.25, -0.2) is 0 Å². The van der Waals surface area contributed by atoms with Crippen molar-refractivity contribution in [3.63, 3.8) is 0 Å². The van der Waals surface area contributed by atoms with E-state index in [1.165, 1.54) is 27.8 Å². The molecule has 3 aromatic rings. The van der Waals surface area contributed by atoms with E-state index < -0.39 is 0 Å². The molecule has 1 aliphatic carbocycles. The molecule has 25 heavy (non-hydrogen) atoms. The number of nitrogens with zero attached hydrogens (tertiary/aromatic N) is 1. The summed E-state index contributed by atoms with van der Waals surface area (Å²) in [5.41, 5.74) is 8.85. The molecular formula is C23H22IrN-. The summed E-state index contributed by atoms with van der Waals surface area (Å²) in [4.78, 5) is 4.67. The number of benzene rings is 2.